The van der Waals surface area contributed by atoms with Crippen molar-refractivity contribution in [3.8, 4) is 5.69 Å². The number of nitrogens with one attached hydrogen (secondary N) is 1. The van der Waals surface area contributed by atoms with Gasteiger partial charge in [-0.15, -0.1) is 5.10 Å². The van der Waals surface area contributed by atoms with Gasteiger partial charge in [0.05, 0.1) is 23.8 Å². The second-order valence-corrected chi connectivity index (χ2v) is 3.92. The van der Waals surface area contributed by atoms with Crippen LogP contribution in [0.1, 0.15) is 25.2 Å². The van der Waals surface area contributed by atoms with Gasteiger partial charge in [0.25, 0.3) is 0 Å². The fraction of sp³-hybridized carbons (Fsp3) is 0.545. The summed E-state index contributed by atoms with van der Waals surface area (Å²) < 4.78 is 3.60. The van der Waals surface area contributed by atoms with E-state index in [-0.39, 0.29) is 0 Å². The molecule has 0 radical (unpaired) electrons. The highest BCUT2D eigenvalue weighted by molar-refractivity contribution is 5.33. The molecular formula is C11H18N6. The largest absolute Gasteiger partial charge is 0.311 e. The molecule has 0 aliphatic rings. The van der Waals surface area contributed by atoms with Gasteiger partial charge in [0.2, 0.25) is 0 Å². The van der Waals surface area contributed by atoms with Gasteiger partial charge in [-0.3, -0.25) is 4.68 Å². The Balaban J connectivity index is 2.23. The Labute approximate surface area is 101 Å². The monoisotopic (exact) mass is 234 g/mol. The Morgan fingerprint density at radius 1 is 1.29 bits per heavy atom. The molecule has 1 N–H and O–H groups in total. The summed E-state index contributed by atoms with van der Waals surface area (Å²) in [4.78, 5) is 0. The summed E-state index contributed by atoms with van der Waals surface area (Å²) in [6, 6.07) is 0. The van der Waals surface area contributed by atoms with Gasteiger partial charge in [0, 0.05) is 13.6 Å². The molecule has 0 bridgehead atoms. The molecule has 0 saturated carbocycles. The molecule has 0 aromatic carbocycles. The second kappa shape index (κ2) is 5.09. The molecule has 0 saturated heterocycles. The normalized spacial score (nSPS) is 11.0. The molecule has 0 aliphatic heterocycles. The van der Waals surface area contributed by atoms with E-state index in [1.54, 1.807) is 9.36 Å². The number of hydrogen-bond donors (Lipinski definition) is 1. The number of nitrogens with zero attached hydrogens (tertiary/aromatic N) is 5. The lowest BCUT2D eigenvalue weighted by Gasteiger charge is -1.97. The molecule has 0 unspecified atom stereocenters. The third kappa shape index (κ3) is 2.52. The summed E-state index contributed by atoms with van der Waals surface area (Å²) >= 11 is 0. The highest BCUT2D eigenvalue weighted by Crippen LogP contribution is 2.12. The van der Waals surface area contributed by atoms with Crippen molar-refractivity contribution in [1.82, 2.24) is 30.1 Å². The SMILES string of the molecule is CCNCc1cn(-c2cn(C)nc2CC)nn1. The van der Waals surface area contributed by atoms with E-state index in [0.717, 1.165) is 36.6 Å². The lowest BCUT2D eigenvalue weighted by atomic mass is 10.3. The third-order valence-electron chi connectivity index (χ3n) is 2.56. The maximum absolute atomic E-state index is 4.39. The first-order chi connectivity index (χ1) is 8.24. The number of aromatic nitrogens is 5. The molecule has 0 aliphatic carbocycles. The van der Waals surface area contributed by atoms with E-state index < -0.39 is 0 Å². The van der Waals surface area contributed by atoms with Crippen molar-refractivity contribution in [1.29, 1.82) is 0 Å². The maximum Gasteiger partial charge on any atom is 0.107 e. The minimum absolute atomic E-state index is 0.748. The molecule has 0 spiro atoms. The van der Waals surface area contributed by atoms with Gasteiger partial charge in [-0.2, -0.15) is 5.10 Å². The zero-order valence-corrected chi connectivity index (χ0v) is 10.5. The molecule has 2 rings (SSSR count). The van der Waals surface area contributed by atoms with Crippen LogP contribution in [-0.4, -0.2) is 31.3 Å². The van der Waals surface area contributed by atoms with Crippen molar-refractivity contribution in [2.45, 2.75) is 26.8 Å². The minimum Gasteiger partial charge on any atom is -0.311 e. The van der Waals surface area contributed by atoms with Gasteiger partial charge in [-0.25, -0.2) is 4.68 Å². The first-order valence-electron chi connectivity index (χ1n) is 5.89. The van der Waals surface area contributed by atoms with E-state index in [1.807, 2.05) is 19.4 Å². The molecule has 2 aromatic rings. The standard InChI is InChI=1S/C11H18N6/c1-4-10-11(8-16(3)14-10)17-7-9(13-15-17)6-12-5-2/h7-8,12H,4-6H2,1-3H3. The van der Waals surface area contributed by atoms with Gasteiger partial charge in [0.15, 0.2) is 0 Å². The van der Waals surface area contributed by atoms with E-state index in [1.165, 1.54) is 0 Å². The molecule has 2 heterocycles. The number of hydrogen-bond acceptors (Lipinski definition) is 4. The second-order valence-electron chi connectivity index (χ2n) is 3.92. The molecule has 17 heavy (non-hydrogen) atoms. The Kier molecular flexibility index (Phi) is 3.53. The fourth-order valence-electron chi connectivity index (χ4n) is 1.72. The Morgan fingerprint density at radius 2 is 2.12 bits per heavy atom. The van der Waals surface area contributed by atoms with E-state index in [0.29, 0.717) is 0 Å². The van der Waals surface area contributed by atoms with Crippen LogP contribution >= 0.6 is 0 Å². The molecule has 92 valence electrons. The summed E-state index contributed by atoms with van der Waals surface area (Å²) in [6.45, 7) is 5.83. The van der Waals surface area contributed by atoms with Crippen LogP contribution in [0.25, 0.3) is 5.69 Å². The average molecular weight is 234 g/mol. The van der Waals surface area contributed by atoms with E-state index >= 15 is 0 Å². The van der Waals surface area contributed by atoms with E-state index in [9.17, 15) is 0 Å². The molecule has 0 amide bonds. The Bertz CT molecular complexity index is 484. The zero-order chi connectivity index (χ0) is 12.3. The van der Waals surface area contributed by atoms with Crippen LogP contribution in [0.3, 0.4) is 0 Å². The lowest BCUT2D eigenvalue weighted by Crippen LogP contribution is -2.11. The van der Waals surface area contributed by atoms with Crippen molar-refractivity contribution in [3.63, 3.8) is 0 Å². The predicted molar refractivity (Wildman–Crippen MR) is 64.9 cm³/mol. The van der Waals surface area contributed by atoms with Gasteiger partial charge in [-0.1, -0.05) is 19.1 Å². The van der Waals surface area contributed by atoms with Gasteiger partial charge in [0.1, 0.15) is 5.69 Å². The van der Waals surface area contributed by atoms with Crippen molar-refractivity contribution in [2.75, 3.05) is 6.54 Å². The molecular weight excluding hydrogens is 216 g/mol. The van der Waals surface area contributed by atoms with Gasteiger partial charge in [-0.05, 0) is 13.0 Å². The quantitative estimate of drug-likeness (QED) is 0.826. The minimum atomic E-state index is 0.748. The summed E-state index contributed by atoms with van der Waals surface area (Å²) in [5.41, 5.74) is 2.98. The molecule has 2 aromatic heterocycles. The van der Waals surface area contributed by atoms with Crippen molar-refractivity contribution < 1.29 is 0 Å². The third-order valence-corrected chi connectivity index (χ3v) is 2.56. The van der Waals surface area contributed by atoms with Crippen LogP contribution in [0, 0.1) is 0 Å². The lowest BCUT2D eigenvalue weighted by molar-refractivity contribution is 0.705. The summed E-state index contributed by atoms with van der Waals surface area (Å²) in [7, 11) is 1.92. The maximum atomic E-state index is 4.39. The summed E-state index contributed by atoms with van der Waals surface area (Å²) in [5.74, 6) is 0. The summed E-state index contributed by atoms with van der Waals surface area (Å²) in [5, 5.41) is 15.9. The number of rotatable bonds is 5. The topological polar surface area (TPSA) is 60.6 Å². The molecule has 0 atom stereocenters. The first kappa shape index (κ1) is 11.8. The highest BCUT2D eigenvalue weighted by Gasteiger charge is 2.10. The predicted octanol–water partition coefficient (Wildman–Crippen LogP) is 0.673. The van der Waals surface area contributed by atoms with Crippen LogP contribution in [0.15, 0.2) is 12.4 Å². The average Bonchev–Trinajstić information content (AvgIpc) is 2.92. The van der Waals surface area contributed by atoms with Crippen LogP contribution in [0.5, 0.6) is 0 Å². The number of aryl methyl sites for hydroxylation is 2. The van der Waals surface area contributed by atoms with Gasteiger partial charge >= 0.3 is 0 Å². The van der Waals surface area contributed by atoms with Crippen molar-refractivity contribution in [2.24, 2.45) is 7.05 Å². The summed E-state index contributed by atoms with van der Waals surface area (Å²) in [6.07, 6.45) is 4.79. The van der Waals surface area contributed by atoms with Crippen LogP contribution in [0.4, 0.5) is 0 Å². The molecule has 6 nitrogen and oxygen atoms in total. The van der Waals surface area contributed by atoms with Crippen molar-refractivity contribution >= 4 is 0 Å². The highest BCUT2D eigenvalue weighted by atomic mass is 15.4. The Morgan fingerprint density at radius 3 is 2.82 bits per heavy atom. The van der Waals surface area contributed by atoms with Crippen LogP contribution in [-0.2, 0) is 20.0 Å². The van der Waals surface area contributed by atoms with Gasteiger partial charge < -0.3 is 5.32 Å². The smallest absolute Gasteiger partial charge is 0.107 e. The fourth-order valence-corrected chi connectivity index (χ4v) is 1.72. The van der Waals surface area contributed by atoms with Crippen LogP contribution in [0.2, 0.25) is 0 Å². The van der Waals surface area contributed by atoms with E-state index in [2.05, 4.69) is 34.6 Å². The zero-order valence-electron chi connectivity index (χ0n) is 10.5. The molecule has 0 fully saturated rings. The first-order valence-corrected chi connectivity index (χ1v) is 5.89. The van der Waals surface area contributed by atoms with Crippen LogP contribution < -0.4 is 5.32 Å². The molecule has 6 heteroatoms. The van der Waals surface area contributed by atoms with Crippen molar-refractivity contribution in [3.05, 3.63) is 23.8 Å². The van der Waals surface area contributed by atoms with E-state index in [4.69, 9.17) is 0 Å². The Hall–Kier alpha value is -1.69.